The van der Waals surface area contributed by atoms with Gasteiger partial charge in [-0.1, -0.05) is 22.9 Å². The van der Waals surface area contributed by atoms with Crippen molar-refractivity contribution in [3.8, 4) is 17.1 Å². The molecule has 266 valence electrons. The first-order valence-corrected chi connectivity index (χ1v) is 18.1. The average Bonchev–Trinajstić information content (AvgIpc) is 3.89. The molecule has 2 atom stereocenters. The molecule has 0 unspecified atom stereocenters. The molecular weight excluding hydrogens is 707 g/mol. The molecule has 7 heterocycles. The van der Waals surface area contributed by atoms with Crippen molar-refractivity contribution in [2.75, 3.05) is 69.6 Å². The lowest BCUT2D eigenvalue weighted by molar-refractivity contribution is 0.0526. The third-order valence-electron chi connectivity index (χ3n) is 10.7. The van der Waals surface area contributed by atoms with E-state index >= 15 is 4.39 Å². The highest BCUT2D eigenvalue weighted by molar-refractivity contribution is 7.22. The number of thiazole rings is 1. The van der Waals surface area contributed by atoms with Crippen molar-refractivity contribution in [2.24, 2.45) is 0 Å². The first-order valence-electron chi connectivity index (χ1n) is 16.9. The molecule has 5 aromatic rings. The van der Waals surface area contributed by atoms with Gasteiger partial charge in [0.15, 0.2) is 10.9 Å². The predicted molar refractivity (Wildman–Crippen MR) is 186 cm³/mol. The number of nitrogen functional groups attached to an aromatic ring is 1. The standard InChI is InChI=1S/C33H33ClF3N11O2S/c34-22-10-21-26(25(37)24(22)20-2-3-23(36)28-27(20)41-30(38)51-28)42-31(50-15-33-4-1-5-47(33)12-18(35)11-33)43-29(21)45-8-6-44(7-9-45)19-13-46(14-19)32(49)48-17-39-16-40-48/h2-3,10,16-19H,1,4-9,11-15H2,(H2,38,41)/t18-,33+/m1/s1. The van der Waals surface area contributed by atoms with Gasteiger partial charge in [0.25, 0.3) is 0 Å². The number of benzene rings is 2. The summed E-state index contributed by atoms with van der Waals surface area (Å²) in [6, 6.07) is 4.29. The molecule has 0 aliphatic carbocycles. The van der Waals surface area contributed by atoms with Crippen molar-refractivity contribution in [3.05, 3.63) is 47.5 Å². The van der Waals surface area contributed by atoms with Crippen molar-refractivity contribution >= 4 is 61.0 Å². The summed E-state index contributed by atoms with van der Waals surface area (Å²) in [5.41, 5.74) is 5.98. The van der Waals surface area contributed by atoms with Crippen molar-refractivity contribution in [1.82, 2.24) is 44.4 Å². The second kappa shape index (κ2) is 12.4. The van der Waals surface area contributed by atoms with Crippen LogP contribution in [0.3, 0.4) is 0 Å². The predicted octanol–water partition coefficient (Wildman–Crippen LogP) is 4.44. The van der Waals surface area contributed by atoms with E-state index in [9.17, 15) is 13.6 Å². The van der Waals surface area contributed by atoms with Crippen molar-refractivity contribution in [1.29, 1.82) is 0 Å². The van der Waals surface area contributed by atoms with Crippen LogP contribution in [0.15, 0.2) is 30.9 Å². The molecule has 0 saturated carbocycles. The zero-order valence-corrected chi connectivity index (χ0v) is 28.9. The van der Waals surface area contributed by atoms with Crippen LogP contribution in [0.4, 0.5) is 28.9 Å². The van der Waals surface area contributed by atoms with E-state index in [1.54, 1.807) is 11.0 Å². The summed E-state index contributed by atoms with van der Waals surface area (Å²) < 4.78 is 53.8. The summed E-state index contributed by atoms with van der Waals surface area (Å²) in [6.45, 7) is 5.00. The first kappa shape index (κ1) is 32.6. The summed E-state index contributed by atoms with van der Waals surface area (Å²) in [4.78, 5) is 38.4. The molecule has 0 radical (unpaired) electrons. The van der Waals surface area contributed by atoms with Crippen LogP contribution < -0.4 is 15.4 Å². The van der Waals surface area contributed by atoms with Gasteiger partial charge < -0.3 is 20.3 Å². The van der Waals surface area contributed by atoms with Crippen LogP contribution >= 0.6 is 22.9 Å². The highest BCUT2D eigenvalue weighted by Gasteiger charge is 2.49. The molecule has 4 aliphatic heterocycles. The number of carbonyl (C=O) groups excluding carboxylic acids is 1. The fraction of sp³-hybridized carbons (Fsp3) is 0.455. The molecule has 3 aromatic heterocycles. The number of nitrogens with zero attached hydrogens (tertiary/aromatic N) is 10. The average molecular weight is 740 g/mol. The highest BCUT2D eigenvalue weighted by atomic mass is 35.5. The van der Waals surface area contributed by atoms with E-state index in [1.807, 2.05) is 0 Å². The van der Waals surface area contributed by atoms with E-state index in [2.05, 4.69) is 34.8 Å². The molecule has 0 spiro atoms. The number of piperazine rings is 1. The largest absolute Gasteiger partial charge is 0.461 e. The van der Waals surface area contributed by atoms with Gasteiger partial charge in [-0.25, -0.2) is 27.9 Å². The maximum atomic E-state index is 16.9. The van der Waals surface area contributed by atoms with E-state index in [0.717, 1.165) is 30.7 Å². The van der Waals surface area contributed by atoms with Gasteiger partial charge in [-0.3, -0.25) is 9.80 Å². The molecule has 4 saturated heterocycles. The van der Waals surface area contributed by atoms with E-state index in [4.69, 9.17) is 27.1 Å². The summed E-state index contributed by atoms with van der Waals surface area (Å²) >= 11 is 7.82. The Labute approximate surface area is 298 Å². The number of likely N-dealkylation sites (tertiary alicyclic amines) is 1. The molecular formula is C33H33ClF3N11O2S. The fourth-order valence-corrected chi connectivity index (χ4v) is 9.20. The quantitative estimate of drug-likeness (QED) is 0.265. The normalized spacial score (nSPS) is 23.0. The number of ether oxygens (including phenoxy) is 1. The topological polar surface area (TPSA) is 135 Å². The molecule has 1 amide bonds. The van der Waals surface area contributed by atoms with E-state index in [0.29, 0.717) is 63.4 Å². The third kappa shape index (κ3) is 5.52. The minimum atomic E-state index is -0.934. The maximum Gasteiger partial charge on any atom is 0.346 e. The molecule has 9 rings (SSSR count). The van der Waals surface area contributed by atoms with Crippen LogP contribution in [0.5, 0.6) is 6.01 Å². The molecule has 4 fully saturated rings. The van der Waals surface area contributed by atoms with E-state index < -0.39 is 23.3 Å². The van der Waals surface area contributed by atoms with Gasteiger partial charge >= 0.3 is 12.0 Å². The molecule has 18 heteroatoms. The summed E-state index contributed by atoms with van der Waals surface area (Å²) in [5, 5.41) is 4.56. The minimum absolute atomic E-state index is 0.00525. The second-order valence-electron chi connectivity index (χ2n) is 13.7. The SMILES string of the molecule is Nc1nc2c(-c3c(Cl)cc4c(N5CCN(C6CN(C(=O)n7cncn7)C6)CC5)nc(OC[C@@]56CCCN5C[C@H](F)C6)nc4c3F)ccc(F)c2s1. The van der Waals surface area contributed by atoms with Crippen LogP contribution in [-0.2, 0) is 0 Å². The molecule has 13 nitrogen and oxygen atoms in total. The lowest BCUT2D eigenvalue weighted by atomic mass is 9.95. The highest BCUT2D eigenvalue weighted by Crippen LogP contribution is 2.44. The Hall–Kier alpha value is -4.32. The Kier molecular flexibility index (Phi) is 7.94. The third-order valence-corrected chi connectivity index (χ3v) is 11.9. The zero-order chi connectivity index (χ0) is 35.0. The Morgan fingerprint density at radius 2 is 1.90 bits per heavy atom. The van der Waals surface area contributed by atoms with Gasteiger partial charge in [0.1, 0.15) is 42.6 Å². The second-order valence-corrected chi connectivity index (χ2v) is 15.1. The summed E-state index contributed by atoms with van der Waals surface area (Å²) in [7, 11) is 0. The minimum Gasteiger partial charge on any atom is -0.461 e. The van der Waals surface area contributed by atoms with Crippen molar-refractivity contribution in [2.45, 2.75) is 37.0 Å². The number of halogens is 4. The first-order chi connectivity index (χ1) is 24.7. The Morgan fingerprint density at radius 1 is 1.08 bits per heavy atom. The Balaban J connectivity index is 1.04. The monoisotopic (exact) mass is 739 g/mol. The molecule has 4 aliphatic rings. The number of rotatable bonds is 6. The van der Waals surface area contributed by atoms with Gasteiger partial charge in [-0.2, -0.15) is 19.7 Å². The van der Waals surface area contributed by atoms with Crippen LogP contribution in [-0.4, -0.2) is 127 Å². The number of amides is 1. The zero-order valence-electron chi connectivity index (χ0n) is 27.3. The van der Waals surface area contributed by atoms with Crippen molar-refractivity contribution < 1.29 is 22.7 Å². The molecule has 0 bridgehead atoms. The van der Waals surface area contributed by atoms with Gasteiger partial charge in [-0.05, 0) is 37.6 Å². The summed E-state index contributed by atoms with van der Waals surface area (Å²) in [6.07, 6.45) is 3.89. The number of nitrogens with two attached hydrogens (primary N) is 1. The fourth-order valence-electron chi connectivity index (χ4n) is 8.15. The van der Waals surface area contributed by atoms with Crippen LogP contribution in [0.1, 0.15) is 19.3 Å². The molecule has 51 heavy (non-hydrogen) atoms. The van der Waals surface area contributed by atoms with Gasteiger partial charge in [0.2, 0.25) is 0 Å². The van der Waals surface area contributed by atoms with Gasteiger partial charge in [0, 0.05) is 74.8 Å². The maximum absolute atomic E-state index is 16.9. The number of anilines is 2. The lowest BCUT2D eigenvalue weighted by Crippen LogP contribution is -2.64. The molecule has 2 aromatic carbocycles. The number of aromatic nitrogens is 6. The van der Waals surface area contributed by atoms with Crippen LogP contribution in [0, 0.1) is 11.6 Å². The van der Waals surface area contributed by atoms with Crippen LogP contribution in [0.2, 0.25) is 5.02 Å². The number of fused-ring (bicyclic) bond motifs is 3. The number of carbonyl (C=O) groups is 1. The number of hydrogen-bond donors (Lipinski definition) is 1. The van der Waals surface area contributed by atoms with E-state index in [-0.39, 0.29) is 61.7 Å². The Morgan fingerprint density at radius 3 is 2.69 bits per heavy atom. The lowest BCUT2D eigenvalue weighted by Gasteiger charge is -2.48. The summed E-state index contributed by atoms with van der Waals surface area (Å²) in [5.74, 6) is -0.767. The van der Waals surface area contributed by atoms with Crippen LogP contribution in [0.25, 0.3) is 32.2 Å². The number of hydrogen-bond acceptors (Lipinski definition) is 12. The van der Waals surface area contributed by atoms with Gasteiger partial charge in [0.05, 0.1) is 20.8 Å². The number of alkyl halides is 1. The molecule has 2 N–H and O–H groups in total. The Bertz CT molecular complexity index is 2160. The smallest absolute Gasteiger partial charge is 0.346 e. The van der Waals surface area contributed by atoms with E-state index in [1.165, 1.54) is 29.5 Å². The van der Waals surface area contributed by atoms with Crippen molar-refractivity contribution in [3.63, 3.8) is 0 Å². The van der Waals surface area contributed by atoms with Gasteiger partial charge in [-0.15, -0.1) is 0 Å².